The van der Waals surface area contributed by atoms with Gasteiger partial charge in [-0.2, -0.15) is 0 Å². The maximum Gasteiger partial charge on any atom is 0.133 e. The summed E-state index contributed by atoms with van der Waals surface area (Å²) in [5, 5.41) is 11.2. The standard InChI is InChI=1S/C25H40ClNO3/c1-16(28)19-6-7-20-18-5-4-17-14-22(29)25(26,27-10-12-30-13-11-27)15-24(17,3)21(18)8-9-23(19,20)2/h17-22,29H,4-15H2,1-3H3/t17?,18-,19+,20-,21-,22?,23+,24-,25?/m0/s1. The summed E-state index contributed by atoms with van der Waals surface area (Å²) in [6, 6.07) is 0. The summed E-state index contributed by atoms with van der Waals surface area (Å²) < 4.78 is 5.57. The van der Waals surface area contributed by atoms with Crippen molar-refractivity contribution in [1.29, 1.82) is 0 Å². The lowest BCUT2D eigenvalue weighted by Crippen LogP contribution is -2.65. The van der Waals surface area contributed by atoms with Crippen molar-refractivity contribution in [3.8, 4) is 0 Å². The fourth-order valence-electron chi connectivity index (χ4n) is 9.22. The molecule has 0 aromatic heterocycles. The van der Waals surface area contributed by atoms with Gasteiger partial charge in [0, 0.05) is 19.0 Å². The minimum absolute atomic E-state index is 0.178. The lowest BCUT2D eigenvalue weighted by atomic mass is 9.44. The first kappa shape index (κ1) is 21.7. The van der Waals surface area contributed by atoms with Gasteiger partial charge in [0.15, 0.2) is 0 Å². The van der Waals surface area contributed by atoms with E-state index in [9.17, 15) is 9.90 Å². The van der Waals surface area contributed by atoms with Crippen molar-refractivity contribution >= 4 is 17.4 Å². The minimum Gasteiger partial charge on any atom is -0.390 e. The van der Waals surface area contributed by atoms with Crippen LogP contribution in [-0.4, -0.2) is 53.2 Å². The van der Waals surface area contributed by atoms with Crippen molar-refractivity contribution < 1.29 is 14.6 Å². The number of ether oxygens (including phenoxy) is 1. The number of Topliss-reactive ketones (excluding diaryl/α,β-unsaturated/α-hetero) is 1. The van der Waals surface area contributed by atoms with E-state index in [0.29, 0.717) is 36.8 Å². The largest absolute Gasteiger partial charge is 0.390 e. The van der Waals surface area contributed by atoms with E-state index >= 15 is 0 Å². The SMILES string of the molecule is CC(=O)[C@H]1CC[C@H]2[C@@H]3CCC4CC(O)C(Cl)(N5CCOCC5)C[C@]4(C)[C@H]3CC[C@]12C. The predicted molar refractivity (Wildman–Crippen MR) is 118 cm³/mol. The Morgan fingerprint density at radius 2 is 1.73 bits per heavy atom. The van der Waals surface area contributed by atoms with Crippen LogP contribution in [0.3, 0.4) is 0 Å². The van der Waals surface area contributed by atoms with Gasteiger partial charge in [0.1, 0.15) is 10.8 Å². The molecule has 5 fully saturated rings. The lowest BCUT2D eigenvalue weighted by Gasteiger charge is -2.64. The fraction of sp³-hybridized carbons (Fsp3) is 0.960. The van der Waals surface area contributed by atoms with Crippen molar-refractivity contribution in [2.75, 3.05) is 26.3 Å². The molecule has 0 aromatic rings. The highest BCUT2D eigenvalue weighted by Crippen LogP contribution is 2.68. The van der Waals surface area contributed by atoms with Crippen LogP contribution in [0.25, 0.3) is 0 Å². The van der Waals surface area contributed by atoms with E-state index < -0.39 is 11.1 Å². The van der Waals surface area contributed by atoms with E-state index in [2.05, 4.69) is 18.7 Å². The first-order valence-electron chi connectivity index (χ1n) is 12.4. The number of ketones is 1. The zero-order valence-corrected chi connectivity index (χ0v) is 19.8. The molecule has 4 saturated carbocycles. The summed E-state index contributed by atoms with van der Waals surface area (Å²) in [5.41, 5.74) is 0.379. The van der Waals surface area contributed by atoms with Gasteiger partial charge in [-0.1, -0.05) is 25.4 Å². The monoisotopic (exact) mass is 437 g/mol. The van der Waals surface area contributed by atoms with Gasteiger partial charge < -0.3 is 9.84 Å². The molecular weight excluding hydrogens is 398 g/mol. The van der Waals surface area contributed by atoms with E-state index in [1.165, 1.54) is 32.1 Å². The number of hydrogen-bond acceptors (Lipinski definition) is 4. The molecule has 5 aliphatic rings. The summed E-state index contributed by atoms with van der Waals surface area (Å²) in [5.74, 6) is 3.31. The molecule has 170 valence electrons. The van der Waals surface area contributed by atoms with E-state index in [0.717, 1.165) is 38.3 Å². The molecule has 4 aliphatic carbocycles. The topological polar surface area (TPSA) is 49.8 Å². The highest BCUT2D eigenvalue weighted by molar-refractivity contribution is 6.24. The number of hydrogen-bond donors (Lipinski definition) is 1. The molecule has 4 nitrogen and oxygen atoms in total. The second-order valence-corrected chi connectivity index (χ2v) is 12.4. The van der Waals surface area contributed by atoms with Gasteiger partial charge in [-0.25, -0.2) is 0 Å². The molecule has 0 spiro atoms. The molecule has 5 rings (SSSR count). The zero-order chi connectivity index (χ0) is 21.3. The molecule has 0 aromatic carbocycles. The summed E-state index contributed by atoms with van der Waals surface area (Å²) in [7, 11) is 0. The fourth-order valence-corrected chi connectivity index (χ4v) is 9.77. The number of aliphatic hydroxyl groups excluding tert-OH is 1. The highest BCUT2D eigenvalue weighted by atomic mass is 35.5. The van der Waals surface area contributed by atoms with E-state index in [1.807, 2.05) is 6.92 Å². The van der Waals surface area contributed by atoms with Crippen LogP contribution < -0.4 is 0 Å². The summed E-state index contributed by atoms with van der Waals surface area (Å²) in [6.45, 7) is 9.78. The maximum absolute atomic E-state index is 12.4. The molecule has 0 radical (unpaired) electrons. The Morgan fingerprint density at radius 1 is 1.03 bits per heavy atom. The molecule has 5 heteroatoms. The average Bonchev–Trinajstić information content (AvgIpc) is 3.07. The highest BCUT2D eigenvalue weighted by Gasteiger charge is 2.64. The molecule has 1 saturated heterocycles. The number of carbonyl (C=O) groups is 1. The average molecular weight is 438 g/mol. The van der Waals surface area contributed by atoms with Crippen LogP contribution >= 0.6 is 11.6 Å². The first-order valence-corrected chi connectivity index (χ1v) is 12.8. The predicted octanol–water partition coefficient (Wildman–Crippen LogP) is 4.47. The third-order valence-electron chi connectivity index (χ3n) is 10.7. The molecule has 1 N–H and O–H groups in total. The van der Waals surface area contributed by atoms with Crippen molar-refractivity contribution in [2.45, 2.75) is 83.2 Å². The van der Waals surface area contributed by atoms with Gasteiger partial charge in [-0.15, -0.1) is 0 Å². The van der Waals surface area contributed by atoms with E-state index in [1.54, 1.807) is 0 Å². The molecule has 0 amide bonds. The Hall–Kier alpha value is -0.160. The maximum atomic E-state index is 12.4. The normalized spacial score (nSPS) is 54.2. The van der Waals surface area contributed by atoms with Crippen LogP contribution in [0.2, 0.25) is 0 Å². The van der Waals surface area contributed by atoms with E-state index in [-0.39, 0.29) is 16.7 Å². The number of fused-ring (bicyclic) bond motifs is 5. The Bertz CT molecular complexity index is 696. The first-order chi connectivity index (χ1) is 14.2. The van der Waals surface area contributed by atoms with Gasteiger partial charge >= 0.3 is 0 Å². The van der Waals surface area contributed by atoms with Gasteiger partial charge in [-0.05, 0) is 92.8 Å². The van der Waals surface area contributed by atoms with Gasteiger partial charge in [0.25, 0.3) is 0 Å². The smallest absolute Gasteiger partial charge is 0.133 e. The van der Waals surface area contributed by atoms with Crippen molar-refractivity contribution in [2.24, 2.45) is 40.4 Å². The third kappa shape index (κ3) is 2.99. The van der Waals surface area contributed by atoms with Crippen LogP contribution in [0, 0.1) is 40.4 Å². The Balaban J connectivity index is 1.43. The molecule has 1 heterocycles. The lowest BCUT2D eigenvalue weighted by molar-refractivity contribution is -0.166. The quantitative estimate of drug-likeness (QED) is 0.511. The number of halogens is 1. The van der Waals surface area contributed by atoms with Crippen LogP contribution in [0.15, 0.2) is 0 Å². The third-order valence-corrected chi connectivity index (χ3v) is 11.4. The zero-order valence-electron chi connectivity index (χ0n) is 19.0. The van der Waals surface area contributed by atoms with Crippen LogP contribution in [0.4, 0.5) is 0 Å². The van der Waals surface area contributed by atoms with Gasteiger partial charge in [-0.3, -0.25) is 9.69 Å². The van der Waals surface area contributed by atoms with Crippen LogP contribution in [0.5, 0.6) is 0 Å². The number of nitrogens with zero attached hydrogens (tertiary/aromatic N) is 1. The molecule has 9 atom stereocenters. The summed E-state index contributed by atoms with van der Waals surface area (Å²) >= 11 is 7.32. The van der Waals surface area contributed by atoms with Crippen molar-refractivity contribution in [3.63, 3.8) is 0 Å². The van der Waals surface area contributed by atoms with Crippen molar-refractivity contribution in [1.82, 2.24) is 4.90 Å². The Kier molecular flexibility index (Phi) is 5.37. The number of carbonyl (C=O) groups excluding carboxylic acids is 1. The molecule has 1 aliphatic heterocycles. The minimum atomic E-state index is -0.657. The van der Waals surface area contributed by atoms with Crippen LogP contribution in [0.1, 0.15) is 72.1 Å². The number of rotatable bonds is 2. The second kappa shape index (κ2) is 7.43. The molecule has 30 heavy (non-hydrogen) atoms. The second-order valence-electron chi connectivity index (χ2n) is 11.8. The summed E-state index contributed by atoms with van der Waals surface area (Å²) in [6.07, 6.45) is 8.45. The summed E-state index contributed by atoms with van der Waals surface area (Å²) in [4.78, 5) is 14.0. The number of alkyl halides is 1. The van der Waals surface area contributed by atoms with E-state index in [4.69, 9.17) is 16.3 Å². The Morgan fingerprint density at radius 3 is 2.43 bits per heavy atom. The van der Waals surface area contributed by atoms with Crippen molar-refractivity contribution in [3.05, 3.63) is 0 Å². The molecular formula is C25H40ClNO3. The van der Waals surface area contributed by atoms with Gasteiger partial charge in [0.2, 0.25) is 0 Å². The molecule has 0 bridgehead atoms. The Labute approximate surface area is 187 Å². The number of morpholine rings is 1. The number of aliphatic hydroxyl groups is 1. The molecule has 3 unspecified atom stereocenters. The van der Waals surface area contributed by atoms with Gasteiger partial charge in [0.05, 0.1) is 19.3 Å². The van der Waals surface area contributed by atoms with Crippen LogP contribution in [-0.2, 0) is 9.53 Å².